The number of furan rings is 1. The van der Waals surface area contributed by atoms with Gasteiger partial charge in [-0.15, -0.1) is 0 Å². The van der Waals surface area contributed by atoms with Crippen molar-refractivity contribution in [1.29, 1.82) is 0 Å². The summed E-state index contributed by atoms with van der Waals surface area (Å²) in [6, 6.07) is 11.6. The molecular formula is C37H47N3O7. The minimum atomic E-state index is -0.236. The van der Waals surface area contributed by atoms with E-state index in [9.17, 15) is 14.4 Å². The molecule has 1 aliphatic carbocycles. The van der Waals surface area contributed by atoms with Gasteiger partial charge in [-0.2, -0.15) is 0 Å². The molecule has 3 aliphatic rings. The molecule has 47 heavy (non-hydrogen) atoms. The van der Waals surface area contributed by atoms with Crippen LogP contribution in [0.4, 0.5) is 5.69 Å². The van der Waals surface area contributed by atoms with Crippen molar-refractivity contribution < 1.29 is 33.0 Å². The third-order valence-electron chi connectivity index (χ3n) is 10.5. The van der Waals surface area contributed by atoms with Crippen molar-refractivity contribution in [2.45, 2.75) is 82.8 Å². The van der Waals surface area contributed by atoms with E-state index in [1.807, 2.05) is 55.1 Å². The van der Waals surface area contributed by atoms with Gasteiger partial charge >= 0.3 is 0 Å². The molecule has 10 heteroatoms. The molecule has 6 rings (SSSR count). The quantitative estimate of drug-likeness (QED) is 0.292. The second-order valence-corrected chi connectivity index (χ2v) is 13.5. The molecule has 2 saturated heterocycles. The zero-order valence-electron chi connectivity index (χ0n) is 27.9. The monoisotopic (exact) mass is 645 g/mol. The number of methoxy groups -OCH3 is 2. The summed E-state index contributed by atoms with van der Waals surface area (Å²) in [5.74, 6) is -0.0285. The Balaban J connectivity index is 1.14. The number of likely N-dealkylation sites (tertiary alicyclic amines) is 2. The maximum atomic E-state index is 14.0. The van der Waals surface area contributed by atoms with Crippen molar-refractivity contribution >= 4 is 34.8 Å². The minimum absolute atomic E-state index is 0.00400. The van der Waals surface area contributed by atoms with Crippen molar-refractivity contribution in [1.82, 2.24) is 9.80 Å². The second kappa shape index (κ2) is 14.7. The Morgan fingerprint density at radius 1 is 0.979 bits per heavy atom. The number of carbonyl (C=O) groups excluding carboxylic acids is 3. The zero-order valence-corrected chi connectivity index (χ0v) is 27.9. The van der Waals surface area contributed by atoms with Crippen LogP contribution in [0.25, 0.3) is 11.0 Å². The summed E-state index contributed by atoms with van der Waals surface area (Å²) < 4.78 is 23.4. The van der Waals surface area contributed by atoms with Crippen LogP contribution in [0.15, 0.2) is 47.1 Å². The molecule has 0 bridgehead atoms. The smallest absolute Gasteiger partial charge is 0.259 e. The first-order valence-corrected chi connectivity index (χ1v) is 16.8. The lowest BCUT2D eigenvalue weighted by atomic mass is 9.88. The Kier molecular flexibility index (Phi) is 10.4. The number of anilines is 1. The molecular weight excluding hydrogens is 598 g/mol. The molecule has 1 aromatic heterocycles. The number of aldehydes is 1. The fourth-order valence-corrected chi connectivity index (χ4v) is 7.59. The van der Waals surface area contributed by atoms with Gasteiger partial charge in [-0.1, -0.05) is 24.3 Å². The van der Waals surface area contributed by atoms with Crippen molar-refractivity contribution in [2.75, 3.05) is 45.8 Å². The predicted octanol–water partition coefficient (Wildman–Crippen LogP) is 4.93. The lowest BCUT2D eigenvalue weighted by Crippen LogP contribution is -2.41. The number of hydrogen-bond acceptors (Lipinski definition) is 8. The number of carbonyl (C=O) groups is 3. The lowest BCUT2D eigenvalue weighted by molar-refractivity contribution is -0.133. The van der Waals surface area contributed by atoms with Crippen LogP contribution in [-0.2, 0) is 30.2 Å². The van der Waals surface area contributed by atoms with E-state index in [1.54, 1.807) is 14.2 Å². The van der Waals surface area contributed by atoms with Gasteiger partial charge < -0.3 is 33.6 Å². The van der Waals surface area contributed by atoms with Gasteiger partial charge in [0.1, 0.15) is 18.1 Å². The lowest BCUT2D eigenvalue weighted by Gasteiger charge is -2.29. The van der Waals surface area contributed by atoms with Gasteiger partial charge in [-0.3, -0.25) is 14.5 Å². The molecule has 2 aliphatic heterocycles. The molecule has 4 atom stereocenters. The predicted molar refractivity (Wildman–Crippen MR) is 179 cm³/mol. The summed E-state index contributed by atoms with van der Waals surface area (Å²) in [5.41, 5.74) is 4.63. The molecule has 3 fully saturated rings. The van der Waals surface area contributed by atoms with E-state index in [2.05, 4.69) is 10.2 Å². The highest BCUT2D eigenvalue weighted by Crippen LogP contribution is 2.31. The van der Waals surface area contributed by atoms with E-state index in [0.29, 0.717) is 30.0 Å². The van der Waals surface area contributed by atoms with Gasteiger partial charge in [-0.05, 0) is 74.8 Å². The van der Waals surface area contributed by atoms with Crippen LogP contribution in [0.5, 0.6) is 0 Å². The Hall–Kier alpha value is -3.57. The van der Waals surface area contributed by atoms with E-state index >= 15 is 0 Å². The number of fused-ring (bicyclic) bond motifs is 1. The number of aryl methyl sites for hydroxylation is 2. The fourth-order valence-electron chi connectivity index (χ4n) is 7.59. The average Bonchev–Trinajstić information content (AvgIpc) is 3.83. The topological polar surface area (TPSA) is 111 Å². The zero-order chi connectivity index (χ0) is 33.1. The average molecular weight is 646 g/mol. The first-order valence-electron chi connectivity index (χ1n) is 16.8. The van der Waals surface area contributed by atoms with Gasteiger partial charge in [0, 0.05) is 56.9 Å². The number of hydrogen-bond donors (Lipinski definition) is 1. The molecule has 0 spiro atoms. The van der Waals surface area contributed by atoms with Gasteiger partial charge in [0.25, 0.3) is 5.91 Å². The number of benzene rings is 2. The normalized spacial score (nSPS) is 26.6. The number of amides is 2. The Bertz CT molecular complexity index is 1570. The Morgan fingerprint density at radius 2 is 1.70 bits per heavy atom. The van der Waals surface area contributed by atoms with Gasteiger partial charge in [0.2, 0.25) is 5.91 Å². The molecule has 1 N–H and O–H groups in total. The van der Waals surface area contributed by atoms with Gasteiger partial charge in [-0.25, -0.2) is 0 Å². The first-order chi connectivity index (χ1) is 22.8. The molecule has 252 valence electrons. The van der Waals surface area contributed by atoms with Crippen LogP contribution in [-0.4, -0.2) is 98.8 Å². The Morgan fingerprint density at radius 3 is 2.40 bits per heavy atom. The summed E-state index contributed by atoms with van der Waals surface area (Å²) in [5, 5.41) is 3.81. The molecule has 0 unspecified atom stereocenters. The van der Waals surface area contributed by atoms with Crippen LogP contribution in [0.2, 0.25) is 0 Å². The number of nitrogens with zero attached hydrogens (tertiary/aromatic N) is 2. The molecule has 0 radical (unpaired) electrons. The molecule has 3 aromatic rings. The van der Waals surface area contributed by atoms with E-state index < -0.39 is 0 Å². The van der Waals surface area contributed by atoms with E-state index in [0.717, 1.165) is 73.6 Å². The van der Waals surface area contributed by atoms with Crippen molar-refractivity contribution in [2.24, 2.45) is 5.92 Å². The molecule has 10 nitrogen and oxygen atoms in total. The summed E-state index contributed by atoms with van der Waals surface area (Å²) in [7, 11) is 3.45. The maximum absolute atomic E-state index is 14.0. The first kappa shape index (κ1) is 33.3. The highest BCUT2D eigenvalue weighted by atomic mass is 16.5. The second-order valence-electron chi connectivity index (χ2n) is 13.5. The molecule has 2 aromatic carbocycles. The molecule has 1 saturated carbocycles. The van der Waals surface area contributed by atoms with Crippen molar-refractivity contribution in [3.05, 3.63) is 64.9 Å². The maximum Gasteiger partial charge on any atom is 0.259 e. The summed E-state index contributed by atoms with van der Waals surface area (Å²) >= 11 is 0. The van der Waals surface area contributed by atoms with E-state index in [-0.39, 0.29) is 54.5 Å². The van der Waals surface area contributed by atoms with E-state index in [4.69, 9.17) is 18.6 Å². The fraction of sp³-hybridized carbons (Fsp3) is 0.541. The standard InChI is InChI=1S/C37H47N3O7/c1-23-14-32(38-37(43)31-22-47-33-8-6-5-7-30(31)33)24(2)13-26(23)15-36(42)40-17-27(39-18-34(44-3)35(19-39)45-4)16-28(40)21-46-29-11-9-25(20-41)10-12-29/h5-8,13-14,20,22,25,27-29,34-35H,9-12,15-19,21H2,1-4H3,(H,38,43)/t25?,27-,28-,29?,34+,35+/m0/s1. The van der Waals surface area contributed by atoms with Gasteiger partial charge in [0.15, 0.2) is 0 Å². The summed E-state index contributed by atoms with van der Waals surface area (Å²) in [6.45, 7) is 6.58. The highest BCUT2D eigenvalue weighted by Gasteiger charge is 2.43. The van der Waals surface area contributed by atoms with Crippen LogP contribution in [0.1, 0.15) is 59.2 Å². The Labute approximate surface area is 276 Å². The number of nitrogens with one attached hydrogen (secondary N) is 1. The number of ether oxygens (including phenoxy) is 3. The number of para-hydroxylation sites is 1. The van der Waals surface area contributed by atoms with Gasteiger partial charge in [0.05, 0.1) is 42.9 Å². The van der Waals surface area contributed by atoms with Crippen molar-refractivity contribution in [3.63, 3.8) is 0 Å². The van der Waals surface area contributed by atoms with Crippen molar-refractivity contribution in [3.8, 4) is 0 Å². The SMILES string of the molecule is CO[C@@H]1CN([C@H]2C[C@@H](COC3CCC(C=O)CC3)N(C(=O)Cc3cc(C)c(NC(=O)c4coc5ccccc45)cc3C)C2)C[C@H]1OC. The largest absolute Gasteiger partial charge is 0.463 e. The third kappa shape index (κ3) is 7.31. The van der Waals surface area contributed by atoms with Crippen LogP contribution >= 0.6 is 0 Å². The number of rotatable bonds is 11. The third-order valence-corrected chi connectivity index (χ3v) is 10.5. The van der Waals surface area contributed by atoms with Crippen LogP contribution in [0.3, 0.4) is 0 Å². The van der Waals surface area contributed by atoms with Crippen LogP contribution in [0, 0.1) is 19.8 Å². The minimum Gasteiger partial charge on any atom is -0.463 e. The molecule has 2 amide bonds. The summed E-state index contributed by atoms with van der Waals surface area (Å²) in [4.78, 5) is 42.9. The summed E-state index contributed by atoms with van der Waals surface area (Å²) in [6.07, 6.45) is 7.26. The highest BCUT2D eigenvalue weighted by molar-refractivity contribution is 6.12. The van der Waals surface area contributed by atoms with E-state index in [1.165, 1.54) is 6.26 Å². The van der Waals surface area contributed by atoms with Crippen LogP contribution < -0.4 is 5.32 Å². The molecule has 3 heterocycles.